The van der Waals surface area contributed by atoms with Crippen molar-refractivity contribution in [3.63, 3.8) is 0 Å². The normalized spacial score (nSPS) is 18.2. The monoisotopic (exact) mass is 274 g/mol. The zero-order valence-corrected chi connectivity index (χ0v) is 12.8. The Morgan fingerprint density at radius 2 is 1.76 bits per heavy atom. The van der Waals surface area contributed by atoms with Crippen LogP contribution in [-0.2, 0) is 4.79 Å². The maximum absolute atomic E-state index is 11.8. The largest absolute Gasteiger partial charge is 0.355 e. The van der Waals surface area contributed by atoms with Crippen molar-refractivity contribution in [1.29, 1.82) is 0 Å². The maximum atomic E-state index is 11.8. The van der Waals surface area contributed by atoms with Crippen LogP contribution in [0.2, 0.25) is 0 Å². The number of hydrogen-bond donors (Lipinski definition) is 0. The van der Waals surface area contributed by atoms with Crippen molar-refractivity contribution in [2.24, 2.45) is 5.41 Å². The average Bonchev–Trinajstić information content (AvgIpc) is 2.25. The minimum Gasteiger partial charge on any atom is -0.355 e. The first-order valence-electron chi connectivity index (χ1n) is 5.94. The van der Waals surface area contributed by atoms with Crippen LogP contribution >= 0.6 is 24.0 Å². The summed E-state index contributed by atoms with van der Waals surface area (Å²) in [5.74, 6) is 0.758. The van der Waals surface area contributed by atoms with E-state index in [1.165, 1.54) is 11.8 Å². The van der Waals surface area contributed by atoms with E-state index in [0.717, 1.165) is 30.5 Å². The Morgan fingerprint density at radius 3 is 2.24 bits per heavy atom. The van der Waals surface area contributed by atoms with Gasteiger partial charge >= 0.3 is 0 Å². The molecule has 0 unspecified atom stereocenters. The fraction of sp³-hybridized carbons (Fsp3) is 0.833. The van der Waals surface area contributed by atoms with Crippen LogP contribution in [0.1, 0.15) is 20.8 Å². The topological polar surface area (TPSA) is 23.6 Å². The van der Waals surface area contributed by atoms with Crippen molar-refractivity contribution in [1.82, 2.24) is 9.80 Å². The van der Waals surface area contributed by atoms with Gasteiger partial charge in [-0.1, -0.05) is 44.8 Å². The summed E-state index contributed by atoms with van der Waals surface area (Å²) in [7, 11) is 2.12. The number of carbonyl (C=O) groups is 1. The van der Waals surface area contributed by atoms with Gasteiger partial charge in [-0.2, -0.15) is 0 Å². The van der Waals surface area contributed by atoms with E-state index in [1.54, 1.807) is 0 Å². The Balaban J connectivity index is 2.33. The van der Waals surface area contributed by atoms with Gasteiger partial charge in [-0.3, -0.25) is 4.79 Å². The molecule has 5 heteroatoms. The highest BCUT2D eigenvalue weighted by molar-refractivity contribution is 8.23. The summed E-state index contributed by atoms with van der Waals surface area (Å²) < 4.78 is 0.871. The Labute approximate surface area is 114 Å². The number of hydrogen-bond acceptors (Lipinski definition) is 4. The van der Waals surface area contributed by atoms with Crippen LogP contribution in [0.3, 0.4) is 0 Å². The van der Waals surface area contributed by atoms with Crippen LogP contribution in [-0.4, -0.2) is 58.9 Å². The zero-order chi connectivity index (χ0) is 13.1. The molecule has 0 amide bonds. The van der Waals surface area contributed by atoms with Crippen molar-refractivity contribution in [2.75, 3.05) is 39.0 Å². The first-order chi connectivity index (χ1) is 7.80. The number of thioether (sulfide) groups is 1. The molecule has 98 valence electrons. The lowest BCUT2D eigenvalue weighted by molar-refractivity contribution is -0.123. The van der Waals surface area contributed by atoms with Gasteiger partial charge in [0.1, 0.15) is 10.1 Å². The van der Waals surface area contributed by atoms with Gasteiger partial charge in [-0.15, -0.1) is 0 Å². The smallest absolute Gasteiger partial charge is 0.148 e. The zero-order valence-electron chi connectivity index (χ0n) is 11.2. The molecular weight excluding hydrogens is 252 g/mol. The second kappa shape index (κ2) is 6.16. The third-order valence-electron chi connectivity index (χ3n) is 2.92. The van der Waals surface area contributed by atoms with Crippen LogP contribution in [0.25, 0.3) is 0 Å². The SMILES string of the molecule is CN1CCN(C(=S)SCC(=O)C(C)(C)C)CC1. The fourth-order valence-corrected chi connectivity index (χ4v) is 2.84. The highest BCUT2D eigenvalue weighted by atomic mass is 32.2. The van der Waals surface area contributed by atoms with Crippen LogP contribution in [0.15, 0.2) is 0 Å². The van der Waals surface area contributed by atoms with Crippen molar-refractivity contribution in [2.45, 2.75) is 20.8 Å². The van der Waals surface area contributed by atoms with Crippen LogP contribution in [0.4, 0.5) is 0 Å². The average molecular weight is 274 g/mol. The highest BCUT2D eigenvalue weighted by Crippen LogP contribution is 2.20. The minimum atomic E-state index is -0.259. The molecule has 0 atom stereocenters. The molecule has 0 saturated carbocycles. The Hall–Kier alpha value is -0.130. The van der Waals surface area contributed by atoms with Gasteiger partial charge in [0.05, 0.1) is 5.75 Å². The third-order valence-corrected chi connectivity index (χ3v) is 4.45. The number of Topliss-reactive ketones (excluding diaryl/α,β-unsaturated/α-hetero) is 1. The van der Waals surface area contributed by atoms with Gasteiger partial charge in [-0.25, -0.2) is 0 Å². The molecule has 3 nitrogen and oxygen atoms in total. The molecule has 1 aliphatic rings. The van der Waals surface area contributed by atoms with Crippen molar-refractivity contribution in [3.05, 3.63) is 0 Å². The Kier molecular flexibility index (Phi) is 5.41. The minimum absolute atomic E-state index is 0.259. The van der Waals surface area contributed by atoms with E-state index in [4.69, 9.17) is 12.2 Å². The number of piperazine rings is 1. The van der Waals surface area contributed by atoms with E-state index >= 15 is 0 Å². The molecular formula is C12H22N2OS2. The molecule has 0 aliphatic carbocycles. The van der Waals surface area contributed by atoms with E-state index in [-0.39, 0.29) is 11.2 Å². The molecule has 0 aromatic rings. The summed E-state index contributed by atoms with van der Waals surface area (Å²) in [6.07, 6.45) is 0. The van der Waals surface area contributed by atoms with Crippen LogP contribution in [0.5, 0.6) is 0 Å². The second-order valence-electron chi connectivity index (χ2n) is 5.52. The predicted octanol–water partition coefficient (Wildman–Crippen LogP) is 1.87. The number of nitrogens with zero attached hydrogens (tertiary/aromatic N) is 2. The molecule has 1 aliphatic heterocycles. The van der Waals surface area contributed by atoms with E-state index in [9.17, 15) is 4.79 Å². The fourth-order valence-electron chi connectivity index (χ4n) is 1.42. The van der Waals surface area contributed by atoms with E-state index in [0.29, 0.717) is 5.75 Å². The Bertz CT molecular complexity index is 291. The van der Waals surface area contributed by atoms with Gasteiger partial charge < -0.3 is 9.80 Å². The molecule has 1 rings (SSSR count). The summed E-state index contributed by atoms with van der Waals surface area (Å²) in [6.45, 7) is 9.91. The lowest BCUT2D eigenvalue weighted by atomic mass is 9.92. The molecule has 1 heterocycles. The highest BCUT2D eigenvalue weighted by Gasteiger charge is 2.23. The van der Waals surface area contributed by atoms with Crippen LogP contribution < -0.4 is 0 Å². The summed E-state index contributed by atoms with van der Waals surface area (Å²) >= 11 is 6.88. The Morgan fingerprint density at radius 1 is 1.24 bits per heavy atom. The molecule has 0 aromatic heterocycles. The van der Waals surface area contributed by atoms with E-state index in [2.05, 4.69) is 16.8 Å². The molecule has 0 bridgehead atoms. The van der Waals surface area contributed by atoms with Crippen molar-refractivity contribution < 1.29 is 4.79 Å². The van der Waals surface area contributed by atoms with Gasteiger partial charge in [0, 0.05) is 31.6 Å². The summed E-state index contributed by atoms with van der Waals surface area (Å²) in [4.78, 5) is 16.3. The van der Waals surface area contributed by atoms with Crippen LogP contribution in [0, 0.1) is 5.41 Å². The lowest BCUT2D eigenvalue weighted by Crippen LogP contribution is -2.46. The van der Waals surface area contributed by atoms with E-state index in [1.807, 2.05) is 20.8 Å². The number of carbonyl (C=O) groups excluding carboxylic acids is 1. The number of thiocarbonyl (C=S) groups is 1. The van der Waals surface area contributed by atoms with E-state index < -0.39 is 0 Å². The molecule has 0 radical (unpaired) electrons. The lowest BCUT2D eigenvalue weighted by Gasteiger charge is -2.33. The number of likely N-dealkylation sites (N-methyl/N-ethyl adjacent to an activating group) is 1. The first kappa shape index (κ1) is 14.9. The summed E-state index contributed by atoms with van der Waals surface area (Å²) in [6, 6.07) is 0. The van der Waals surface area contributed by atoms with Gasteiger partial charge in [-0.05, 0) is 7.05 Å². The second-order valence-corrected chi connectivity index (χ2v) is 7.13. The quantitative estimate of drug-likeness (QED) is 0.716. The van der Waals surface area contributed by atoms with Gasteiger partial charge in [0.2, 0.25) is 0 Å². The standard InChI is InChI=1S/C12H22N2OS2/c1-12(2,3)10(15)9-17-11(16)14-7-5-13(4)6-8-14/h5-9H2,1-4H3. The molecule has 0 N–H and O–H groups in total. The molecule has 17 heavy (non-hydrogen) atoms. The number of ketones is 1. The van der Waals surface area contributed by atoms with Crippen molar-refractivity contribution >= 4 is 34.1 Å². The molecule has 0 spiro atoms. The summed E-state index contributed by atoms with van der Waals surface area (Å²) in [5, 5.41) is 0. The van der Waals surface area contributed by atoms with Gasteiger partial charge in [0.25, 0.3) is 0 Å². The van der Waals surface area contributed by atoms with Crippen molar-refractivity contribution in [3.8, 4) is 0 Å². The van der Waals surface area contributed by atoms with Gasteiger partial charge in [0.15, 0.2) is 0 Å². The summed E-state index contributed by atoms with van der Waals surface area (Å²) in [5.41, 5.74) is -0.259. The molecule has 1 fully saturated rings. The molecule has 1 saturated heterocycles. The number of rotatable bonds is 2. The third kappa shape index (κ3) is 4.94. The maximum Gasteiger partial charge on any atom is 0.148 e. The predicted molar refractivity (Wildman–Crippen MR) is 78.6 cm³/mol. The molecule has 0 aromatic carbocycles. The first-order valence-corrected chi connectivity index (χ1v) is 7.33.